The highest BCUT2D eigenvalue weighted by atomic mass is 79.9. The maximum absolute atomic E-state index is 11.9. The summed E-state index contributed by atoms with van der Waals surface area (Å²) in [5.41, 5.74) is -1.24. The second-order valence-electron chi connectivity index (χ2n) is 6.04. The van der Waals surface area contributed by atoms with Gasteiger partial charge in [0.1, 0.15) is 16.9 Å². The Balaban J connectivity index is 4.85. The van der Waals surface area contributed by atoms with Gasteiger partial charge in [-0.05, 0) is 48.5 Å². The van der Waals surface area contributed by atoms with Gasteiger partial charge in [-0.15, -0.1) is 0 Å². The van der Waals surface area contributed by atoms with Crippen LogP contribution >= 0.6 is 15.9 Å². The van der Waals surface area contributed by atoms with Crippen molar-refractivity contribution in [2.24, 2.45) is 0 Å². The van der Waals surface area contributed by atoms with Crippen molar-refractivity contribution in [2.75, 3.05) is 0 Å². The number of carbonyl (C=O) groups is 2. The van der Waals surface area contributed by atoms with Crippen LogP contribution in [0.15, 0.2) is 10.2 Å². The number of carbonyl (C=O) groups excluding carboxylic acids is 2. The van der Waals surface area contributed by atoms with Crippen LogP contribution in [0.5, 0.6) is 0 Å². The highest BCUT2D eigenvalue weighted by Gasteiger charge is 2.25. The molecule has 0 aliphatic rings. The van der Waals surface area contributed by atoms with Gasteiger partial charge in [-0.1, -0.05) is 15.9 Å². The molecule has 0 aliphatic heterocycles. The zero-order chi connectivity index (χ0) is 15.4. The molecule has 0 rings (SSSR count). The first-order valence-electron chi connectivity index (χ1n) is 5.91. The van der Waals surface area contributed by atoms with E-state index in [0.29, 0.717) is 4.48 Å². The first-order valence-corrected chi connectivity index (χ1v) is 6.71. The number of ether oxygens (including phenoxy) is 2. The first kappa shape index (κ1) is 18.0. The van der Waals surface area contributed by atoms with Crippen molar-refractivity contribution >= 4 is 28.0 Å². The molecule has 0 unspecified atom stereocenters. The molecule has 5 nitrogen and oxygen atoms in total. The molecule has 0 bridgehead atoms. The maximum atomic E-state index is 11.9. The second kappa shape index (κ2) is 6.41. The third kappa shape index (κ3) is 8.64. The molecule has 0 aromatic carbocycles. The average molecular weight is 336 g/mol. The molecule has 0 atom stereocenters. The van der Waals surface area contributed by atoms with Gasteiger partial charge in [-0.3, -0.25) is 5.32 Å². The van der Waals surface area contributed by atoms with Crippen LogP contribution in [0.25, 0.3) is 0 Å². The number of alkyl carbamates (subject to hydrolysis) is 1. The summed E-state index contributed by atoms with van der Waals surface area (Å²) in [6.45, 7) is 12.1. The summed E-state index contributed by atoms with van der Waals surface area (Å²) in [5, 5.41) is 2.39. The molecule has 0 saturated carbocycles. The van der Waals surface area contributed by atoms with Crippen LogP contribution < -0.4 is 5.32 Å². The van der Waals surface area contributed by atoms with Crippen LogP contribution in [0.2, 0.25) is 0 Å². The van der Waals surface area contributed by atoms with Gasteiger partial charge in [0.05, 0.1) is 0 Å². The van der Waals surface area contributed by atoms with Crippen molar-refractivity contribution in [3.63, 3.8) is 0 Å². The van der Waals surface area contributed by atoms with E-state index in [1.54, 1.807) is 48.5 Å². The molecule has 0 fully saturated rings. The smallest absolute Gasteiger partial charge is 0.412 e. The highest BCUT2D eigenvalue weighted by molar-refractivity contribution is 9.11. The second-order valence-corrected chi connectivity index (χ2v) is 7.23. The Labute approximate surface area is 122 Å². The molecular formula is C13H22BrNO4. The monoisotopic (exact) mass is 335 g/mol. The minimum absolute atomic E-state index is 0.0316. The van der Waals surface area contributed by atoms with E-state index in [1.165, 1.54) is 0 Å². The normalized spacial score (nSPS) is 13.5. The summed E-state index contributed by atoms with van der Waals surface area (Å²) in [6, 6.07) is 0. The van der Waals surface area contributed by atoms with Crippen molar-refractivity contribution < 1.29 is 19.1 Å². The number of halogens is 1. The molecule has 0 saturated heterocycles. The molecule has 0 aliphatic carbocycles. The van der Waals surface area contributed by atoms with E-state index in [0.717, 1.165) is 0 Å². The lowest BCUT2D eigenvalue weighted by Crippen LogP contribution is -2.36. The van der Waals surface area contributed by atoms with Crippen LogP contribution in [0.1, 0.15) is 48.5 Å². The standard InChI is InChI=1S/C13H22BrNO4/c1-8(14)9(10(16)18-12(2,3)4)15-11(17)19-13(5,6)7/h1-7H3,(H,15,17)/b9-8+. The summed E-state index contributed by atoms with van der Waals surface area (Å²) >= 11 is 3.17. The van der Waals surface area contributed by atoms with Crippen molar-refractivity contribution in [1.82, 2.24) is 5.32 Å². The number of hydrogen-bond acceptors (Lipinski definition) is 4. The molecule has 0 aromatic heterocycles. The zero-order valence-corrected chi connectivity index (χ0v) is 14.1. The first-order chi connectivity index (χ1) is 8.32. The molecule has 0 spiro atoms. The molecule has 1 N–H and O–H groups in total. The van der Waals surface area contributed by atoms with Gasteiger partial charge < -0.3 is 9.47 Å². The minimum Gasteiger partial charge on any atom is -0.455 e. The van der Waals surface area contributed by atoms with Gasteiger partial charge in [-0.2, -0.15) is 0 Å². The van der Waals surface area contributed by atoms with Crippen molar-refractivity contribution in [1.29, 1.82) is 0 Å². The van der Waals surface area contributed by atoms with E-state index in [9.17, 15) is 9.59 Å². The summed E-state index contributed by atoms with van der Waals surface area (Å²) in [4.78, 5) is 23.6. The van der Waals surface area contributed by atoms with E-state index in [1.807, 2.05) is 0 Å². The predicted molar refractivity (Wildman–Crippen MR) is 76.8 cm³/mol. The van der Waals surface area contributed by atoms with E-state index < -0.39 is 23.3 Å². The Kier molecular flexibility index (Phi) is 6.06. The predicted octanol–water partition coefficient (Wildman–Crippen LogP) is 3.48. The van der Waals surface area contributed by atoms with Crippen LogP contribution in [0, 0.1) is 0 Å². The van der Waals surface area contributed by atoms with Crippen LogP contribution in [0.4, 0.5) is 4.79 Å². The van der Waals surface area contributed by atoms with Gasteiger partial charge in [0, 0.05) is 4.48 Å². The Morgan fingerprint density at radius 1 is 0.947 bits per heavy atom. The molecular weight excluding hydrogens is 314 g/mol. The van der Waals surface area contributed by atoms with E-state index >= 15 is 0 Å². The summed E-state index contributed by atoms with van der Waals surface area (Å²) < 4.78 is 10.7. The quantitative estimate of drug-likeness (QED) is 0.619. The van der Waals surface area contributed by atoms with Crippen LogP contribution in [0.3, 0.4) is 0 Å². The largest absolute Gasteiger partial charge is 0.455 e. The molecule has 0 aromatic rings. The summed E-state index contributed by atoms with van der Waals surface area (Å²) in [5.74, 6) is -0.618. The molecule has 0 heterocycles. The van der Waals surface area contributed by atoms with Crippen LogP contribution in [-0.4, -0.2) is 23.3 Å². The van der Waals surface area contributed by atoms with Gasteiger partial charge in [0.2, 0.25) is 0 Å². The summed E-state index contributed by atoms with van der Waals surface area (Å²) in [6.07, 6.45) is -0.702. The van der Waals surface area contributed by atoms with E-state index in [4.69, 9.17) is 9.47 Å². The average Bonchev–Trinajstić information content (AvgIpc) is 2.07. The number of rotatable bonds is 2. The number of amides is 1. The number of nitrogens with one attached hydrogen (secondary N) is 1. The van der Waals surface area contributed by atoms with Crippen molar-refractivity contribution in [3.05, 3.63) is 10.2 Å². The SMILES string of the molecule is C/C(Br)=C(\NC(=O)OC(C)(C)C)C(=O)OC(C)(C)C. The molecule has 6 heteroatoms. The Morgan fingerprint density at radius 2 is 1.37 bits per heavy atom. The third-order valence-electron chi connectivity index (χ3n) is 1.57. The number of hydrogen-bond donors (Lipinski definition) is 1. The number of esters is 1. The van der Waals surface area contributed by atoms with Crippen LogP contribution in [-0.2, 0) is 14.3 Å². The fourth-order valence-corrected chi connectivity index (χ4v) is 1.27. The molecule has 110 valence electrons. The van der Waals surface area contributed by atoms with Gasteiger partial charge in [-0.25, -0.2) is 9.59 Å². The van der Waals surface area contributed by atoms with Crippen molar-refractivity contribution in [3.8, 4) is 0 Å². The minimum atomic E-state index is -0.702. The van der Waals surface area contributed by atoms with Gasteiger partial charge in [0.15, 0.2) is 0 Å². The lowest BCUT2D eigenvalue weighted by atomic mass is 10.2. The van der Waals surface area contributed by atoms with E-state index in [-0.39, 0.29) is 5.70 Å². The molecule has 1 amide bonds. The van der Waals surface area contributed by atoms with Crippen molar-refractivity contribution in [2.45, 2.75) is 59.7 Å². The molecule has 0 radical (unpaired) electrons. The highest BCUT2D eigenvalue weighted by Crippen LogP contribution is 2.16. The third-order valence-corrected chi connectivity index (χ3v) is 1.97. The van der Waals surface area contributed by atoms with E-state index in [2.05, 4.69) is 21.2 Å². The maximum Gasteiger partial charge on any atom is 0.412 e. The fourth-order valence-electron chi connectivity index (χ4n) is 1.01. The Hall–Kier alpha value is -1.04. The van der Waals surface area contributed by atoms with Gasteiger partial charge in [0.25, 0.3) is 0 Å². The fraction of sp³-hybridized carbons (Fsp3) is 0.692. The Bertz CT molecular complexity index is 384. The lowest BCUT2D eigenvalue weighted by Gasteiger charge is -2.23. The zero-order valence-electron chi connectivity index (χ0n) is 12.5. The number of allylic oxidation sites excluding steroid dienone is 1. The topological polar surface area (TPSA) is 64.6 Å². The lowest BCUT2D eigenvalue weighted by molar-refractivity contribution is -0.150. The molecule has 19 heavy (non-hydrogen) atoms. The Morgan fingerprint density at radius 3 is 1.68 bits per heavy atom. The summed E-state index contributed by atoms with van der Waals surface area (Å²) in [7, 11) is 0. The van der Waals surface area contributed by atoms with Gasteiger partial charge >= 0.3 is 12.1 Å².